The molecule has 2 aromatic carbocycles. The largest absolute Gasteiger partial charge is 0.378 e. The van der Waals surface area contributed by atoms with E-state index in [2.05, 4.69) is 59.2 Å². The van der Waals surface area contributed by atoms with E-state index in [1.54, 1.807) is 0 Å². The van der Waals surface area contributed by atoms with Crippen molar-refractivity contribution < 1.29 is 9.53 Å². The summed E-state index contributed by atoms with van der Waals surface area (Å²) in [5.74, 6) is 0.304. The third kappa shape index (κ3) is 4.43. The van der Waals surface area contributed by atoms with Gasteiger partial charge in [-0.15, -0.1) is 0 Å². The maximum absolute atomic E-state index is 12.2. The number of carbonyl (C=O) groups is 1. The van der Waals surface area contributed by atoms with E-state index in [0.717, 1.165) is 13.0 Å². The van der Waals surface area contributed by atoms with Gasteiger partial charge in [-0.25, -0.2) is 0 Å². The first kappa shape index (κ1) is 16.7. The fourth-order valence-electron chi connectivity index (χ4n) is 3.09. The van der Waals surface area contributed by atoms with Crippen molar-refractivity contribution in [1.29, 1.82) is 0 Å². The van der Waals surface area contributed by atoms with Crippen molar-refractivity contribution in [3.63, 3.8) is 0 Å². The molecular weight excluding hydrogens is 300 g/mol. The van der Waals surface area contributed by atoms with Crippen molar-refractivity contribution in [3.05, 3.63) is 71.8 Å². The number of rotatable bonds is 6. The molecule has 0 aromatic heterocycles. The third-order valence-electron chi connectivity index (χ3n) is 4.37. The van der Waals surface area contributed by atoms with Gasteiger partial charge >= 0.3 is 0 Å². The van der Waals surface area contributed by atoms with Gasteiger partial charge in [0.05, 0.1) is 13.2 Å². The number of ether oxygens (including phenoxy) is 1. The highest BCUT2D eigenvalue weighted by atomic mass is 16.5. The molecule has 1 atom stereocenters. The topological polar surface area (TPSA) is 50.4 Å². The van der Waals surface area contributed by atoms with Crippen molar-refractivity contribution in [2.45, 2.75) is 18.4 Å². The van der Waals surface area contributed by atoms with E-state index in [-0.39, 0.29) is 17.9 Å². The van der Waals surface area contributed by atoms with Crippen molar-refractivity contribution in [2.75, 3.05) is 26.3 Å². The molecule has 0 spiro atoms. The molecule has 0 bridgehead atoms. The number of morpholine rings is 1. The zero-order chi connectivity index (χ0) is 16.6. The molecule has 2 aromatic rings. The standard InChI is InChI=1S/C20H24N2O2/c23-20(19-15-24-14-13-21-19)22-12-11-18(16-7-3-1-4-8-16)17-9-5-2-6-10-17/h1-10,18-19,21H,11-15H2,(H,22,23). The van der Waals surface area contributed by atoms with E-state index in [1.165, 1.54) is 11.1 Å². The molecule has 1 aliphatic heterocycles. The molecule has 4 nitrogen and oxygen atoms in total. The minimum atomic E-state index is -0.231. The number of hydrogen-bond acceptors (Lipinski definition) is 3. The van der Waals surface area contributed by atoms with Crippen molar-refractivity contribution in [2.24, 2.45) is 0 Å². The van der Waals surface area contributed by atoms with Crippen LogP contribution in [0.1, 0.15) is 23.5 Å². The molecule has 1 saturated heterocycles. The Bertz CT molecular complexity index is 585. The summed E-state index contributed by atoms with van der Waals surface area (Å²) in [7, 11) is 0. The number of hydrogen-bond donors (Lipinski definition) is 2. The lowest BCUT2D eigenvalue weighted by Gasteiger charge is -2.24. The van der Waals surface area contributed by atoms with Crippen LogP contribution in [-0.2, 0) is 9.53 Å². The average Bonchev–Trinajstić information content (AvgIpc) is 2.67. The predicted molar refractivity (Wildman–Crippen MR) is 95.0 cm³/mol. The average molecular weight is 324 g/mol. The maximum Gasteiger partial charge on any atom is 0.239 e. The summed E-state index contributed by atoms with van der Waals surface area (Å²) < 4.78 is 5.35. The molecule has 1 aliphatic rings. The summed E-state index contributed by atoms with van der Waals surface area (Å²) in [5.41, 5.74) is 2.55. The Hall–Kier alpha value is -2.17. The molecule has 1 amide bonds. The third-order valence-corrected chi connectivity index (χ3v) is 4.37. The van der Waals surface area contributed by atoms with Gasteiger partial charge < -0.3 is 15.4 Å². The summed E-state index contributed by atoms with van der Waals surface area (Å²) in [6, 6.07) is 20.7. The van der Waals surface area contributed by atoms with E-state index >= 15 is 0 Å². The number of nitrogens with one attached hydrogen (secondary N) is 2. The van der Waals surface area contributed by atoms with Crippen LogP contribution in [0.15, 0.2) is 60.7 Å². The van der Waals surface area contributed by atoms with Crippen LogP contribution in [0, 0.1) is 0 Å². The lowest BCUT2D eigenvalue weighted by molar-refractivity contribution is -0.125. The van der Waals surface area contributed by atoms with Crippen LogP contribution >= 0.6 is 0 Å². The lowest BCUT2D eigenvalue weighted by Crippen LogP contribution is -2.51. The highest BCUT2D eigenvalue weighted by molar-refractivity contribution is 5.81. The van der Waals surface area contributed by atoms with Crippen LogP contribution in [-0.4, -0.2) is 38.3 Å². The minimum Gasteiger partial charge on any atom is -0.378 e. The molecule has 4 heteroatoms. The maximum atomic E-state index is 12.2. The van der Waals surface area contributed by atoms with Crippen LogP contribution in [0.3, 0.4) is 0 Å². The normalized spacial score (nSPS) is 17.6. The van der Waals surface area contributed by atoms with E-state index in [0.29, 0.717) is 19.8 Å². The first-order chi connectivity index (χ1) is 11.8. The van der Waals surface area contributed by atoms with Gasteiger partial charge in [-0.05, 0) is 17.5 Å². The summed E-state index contributed by atoms with van der Waals surface area (Å²) in [4.78, 5) is 12.2. The molecule has 0 saturated carbocycles. The Kier molecular flexibility index (Phi) is 5.99. The monoisotopic (exact) mass is 324 g/mol. The molecule has 1 heterocycles. The molecule has 0 aliphatic carbocycles. The molecular formula is C20H24N2O2. The minimum absolute atomic E-state index is 0.0228. The number of benzene rings is 2. The Balaban J connectivity index is 1.61. The van der Waals surface area contributed by atoms with Crippen molar-refractivity contribution in [3.8, 4) is 0 Å². The smallest absolute Gasteiger partial charge is 0.239 e. The molecule has 24 heavy (non-hydrogen) atoms. The molecule has 1 unspecified atom stereocenters. The van der Waals surface area contributed by atoms with E-state index < -0.39 is 0 Å². The van der Waals surface area contributed by atoms with Crippen LogP contribution in [0.2, 0.25) is 0 Å². The second-order valence-corrected chi connectivity index (χ2v) is 6.04. The number of carbonyl (C=O) groups excluding carboxylic acids is 1. The van der Waals surface area contributed by atoms with Crippen LogP contribution in [0.25, 0.3) is 0 Å². The van der Waals surface area contributed by atoms with Crippen LogP contribution in [0.5, 0.6) is 0 Å². The predicted octanol–water partition coefficient (Wildman–Crippen LogP) is 2.31. The van der Waals surface area contributed by atoms with Crippen molar-refractivity contribution in [1.82, 2.24) is 10.6 Å². The quantitative estimate of drug-likeness (QED) is 0.857. The molecule has 2 N–H and O–H groups in total. The van der Waals surface area contributed by atoms with Gasteiger partial charge in [-0.3, -0.25) is 4.79 Å². The second-order valence-electron chi connectivity index (χ2n) is 6.04. The van der Waals surface area contributed by atoms with E-state index in [9.17, 15) is 4.79 Å². The van der Waals surface area contributed by atoms with E-state index in [1.807, 2.05) is 12.1 Å². The fraction of sp³-hybridized carbons (Fsp3) is 0.350. The first-order valence-corrected chi connectivity index (χ1v) is 8.53. The van der Waals surface area contributed by atoms with Crippen molar-refractivity contribution >= 4 is 5.91 Å². The zero-order valence-corrected chi connectivity index (χ0v) is 13.8. The highest BCUT2D eigenvalue weighted by Gasteiger charge is 2.21. The van der Waals surface area contributed by atoms with E-state index in [4.69, 9.17) is 4.74 Å². The molecule has 0 radical (unpaired) electrons. The van der Waals surface area contributed by atoms with Gasteiger partial charge in [0.2, 0.25) is 5.91 Å². The van der Waals surface area contributed by atoms with Gasteiger partial charge in [-0.1, -0.05) is 60.7 Å². The summed E-state index contributed by atoms with van der Waals surface area (Å²) in [5, 5.41) is 6.22. The van der Waals surface area contributed by atoms with Crippen LogP contribution in [0.4, 0.5) is 0 Å². The Labute approximate surface area is 143 Å². The fourth-order valence-corrected chi connectivity index (χ4v) is 3.09. The Morgan fingerprint density at radius 3 is 2.25 bits per heavy atom. The van der Waals surface area contributed by atoms with Gasteiger partial charge in [0, 0.05) is 19.0 Å². The van der Waals surface area contributed by atoms with Gasteiger partial charge in [0.15, 0.2) is 0 Å². The van der Waals surface area contributed by atoms with Gasteiger partial charge in [0.25, 0.3) is 0 Å². The van der Waals surface area contributed by atoms with Crippen LogP contribution < -0.4 is 10.6 Å². The van der Waals surface area contributed by atoms with Gasteiger partial charge in [-0.2, -0.15) is 0 Å². The molecule has 1 fully saturated rings. The number of amides is 1. The second kappa shape index (κ2) is 8.62. The SMILES string of the molecule is O=C(NCCC(c1ccccc1)c1ccccc1)C1COCCN1. The summed E-state index contributed by atoms with van der Waals surface area (Å²) >= 11 is 0. The highest BCUT2D eigenvalue weighted by Crippen LogP contribution is 2.27. The lowest BCUT2D eigenvalue weighted by atomic mass is 9.88. The summed E-state index contributed by atoms with van der Waals surface area (Å²) in [6.45, 7) is 2.50. The zero-order valence-electron chi connectivity index (χ0n) is 13.8. The Morgan fingerprint density at radius 2 is 1.71 bits per heavy atom. The van der Waals surface area contributed by atoms with Gasteiger partial charge in [0.1, 0.15) is 6.04 Å². The molecule has 3 rings (SSSR count). The first-order valence-electron chi connectivity index (χ1n) is 8.53. The molecule has 126 valence electrons. The Morgan fingerprint density at radius 1 is 1.08 bits per heavy atom. The summed E-state index contributed by atoms with van der Waals surface area (Å²) in [6.07, 6.45) is 0.868.